The van der Waals surface area contributed by atoms with Crippen molar-refractivity contribution < 1.29 is 9.90 Å². The van der Waals surface area contributed by atoms with Crippen molar-refractivity contribution >= 4 is 23.1 Å². The normalized spacial score (nSPS) is 11.5. The zero-order valence-corrected chi connectivity index (χ0v) is 10.3. The summed E-state index contributed by atoms with van der Waals surface area (Å²) in [6.07, 6.45) is 0.658. The van der Waals surface area contributed by atoms with Crippen molar-refractivity contribution in [2.24, 2.45) is 5.92 Å². The summed E-state index contributed by atoms with van der Waals surface area (Å²) in [6, 6.07) is 9.08. The first kappa shape index (κ1) is 13.3. The summed E-state index contributed by atoms with van der Waals surface area (Å²) in [7, 11) is 0. The minimum Gasteiger partial charge on any atom is -0.481 e. The lowest BCUT2D eigenvalue weighted by atomic mass is 9.96. The number of aliphatic carboxylic acids is 1. The number of carboxylic acid groups (broad SMARTS) is 1. The summed E-state index contributed by atoms with van der Waals surface area (Å²) in [4.78, 5) is 11.2. The summed E-state index contributed by atoms with van der Waals surface area (Å²) in [6.45, 7) is 1.92. The fourth-order valence-electron chi connectivity index (χ4n) is 1.46. The summed E-state index contributed by atoms with van der Waals surface area (Å²) in [5.41, 5.74) is 1.48. The Morgan fingerprint density at radius 3 is 2.53 bits per heavy atom. The number of nitrogens with zero attached hydrogens (tertiary/aromatic N) is 1. The molecule has 4 heteroatoms. The van der Waals surface area contributed by atoms with E-state index >= 15 is 0 Å². The third kappa shape index (κ3) is 3.97. The van der Waals surface area contributed by atoms with E-state index in [1.165, 1.54) is 0 Å². The molecule has 0 amide bonds. The molecular formula is C13H13NO2S. The topological polar surface area (TPSA) is 61.1 Å². The Morgan fingerprint density at radius 2 is 2.06 bits per heavy atom. The first-order valence-corrected chi connectivity index (χ1v) is 5.71. The molecule has 1 aromatic carbocycles. The predicted molar refractivity (Wildman–Crippen MR) is 68.9 cm³/mol. The van der Waals surface area contributed by atoms with Crippen LogP contribution in [0.15, 0.2) is 24.3 Å². The van der Waals surface area contributed by atoms with Gasteiger partial charge in [0.25, 0.3) is 0 Å². The molecule has 1 aromatic rings. The first-order chi connectivity index (χ1) is 8.04. The minimum atomic E-state index is -0.806. The van der Waals surface area contributed by atoms with Crippen LogP contribution in [0.4, 0.5) is 0 Å². The van der Waals surface area contributed by atoms with Gasteiger partial charge in [-0.25, -0.2) is 0 Å². The van der Waals surface area contributed by atoms with Gasteiger partial charge in [0.15, 0.2) is 0 Å². The van der Waals surface area contributed by atoms with Gasteiger partial charge in [0.2, 0.25) is 0 Å². The second kappa shape index (κ2) is 6.12. The lowest BCUT2D eigenvalue weighted by Gasteiger charge is -2.11. The molecule has 0 bridgehead atoms. The van der Waals surface area contributed by atoms with Gasteiger partial charge in [0.05, 0.1) is 11.6 Å². The molecule has 0 saturated heterocycles. The van der Waals surface area contributed by atoms with Crippen LogP contribution in [0.3, 0.4) is 0 Å². The van der Waals surface area contributed by atoms with E-state index in [2.05, 4.69) is 0 Å². The average Bonchev–Trinajstić information content (AvgIpc) is 2.35. The van der Waals surface area contributed by atoms with Gasteiger partial charge in [-0.2, -0.15) is 5.26 Å². The highest BCUT2D eigenvalue weighted by atomic mass is 32.1. The Hall–Kier alpha value is -1.73. The van der Waals surface area contributed by atoms with Gasteiger partial charge in [-0.05, 0) is 30.0 Å². The Morgan fingerprint density at radius 1 is 1.47 bits per heavy atom. The van der Waals surface area contributed by atoms with Crippen LogP contribution >= 0.6 is 12.2 Å². The maximum absolute atomic E-state index is 10.5. The molecule has 0 aliphatic heterocycles. The molecule has 0 aliphatic rings. The highest BCUT2D eigenvalue weighted by molar-refractivity contribution is 7.80. The zero-order valence-electron chi connectivity index (χ0n) is 9.51. The highest BCUT2D eigenvalue weighted by Gasteiger charge is 2.12. The summed E-state index contributed by atoms with van der Waals surface area (Å²) in [5, 5.41) is 17.3. The van der Waals surface area contributed by atoms with Gasteiger partial charge in [0, 0.05) is 11.3 Å². The van der Waals surface area contributed by atoms with Crippen molar-refractivity contribution in [1.82, 2.24) is 0 Å². The Balaban J connectivity index is 2.68. The van der Waals surface area contributed by atoms with Crippen LogP contribution in [-0.4, -0.2) is 15.9 Å². The average molecular weight is 247 g/mol. The molecule has 0 fully saturated rings. The predicted octanol–water partition coefficient (Wildman–Crippen LogP) is 2.78. The number of hydrogen-bond acceptors (Lipinski definition) is 3. The Labute approximate surface area is 106 Å². The van der Waals surface area contributed by atoms with Crippen molar-refractivity contribution in [2.45, 2.75) is 19.8 Å². The summed E-state index contributed by atoms with van der Waals surface area (Å²) in [5.74, 6) is -0.756. The number of nitriles is 1. The van der Waals surface area contributed by atoms with Gasteiger partial charge < -0.3 is 5.11 Å². The van der Waals surface area contributed by atoms with Gasteiger partial charge in [-0.1, -0.05) is 31.3 Å². The van der Waals surface area contributed by atoms with Crippen molar-refractivity contribution in [3.8, 4) is 6.07 Å². The Kier molecular flexibility index (Phi) is 4.80. The lowest BCUT2D eigenvalue weighted by molar-refractivity contribution is -0.137. The number of thiocarbonyl (C=S) groups is 1. The van der Waals surface area contributed by atoms with Crippen molar-refractivity contribution in [1.29, 1.82) is 5.26 Å². The number of benzene rings is 1. The third-order valence-electron chi connectivity index (χ3n) is 2.54. The van der Waals surface area contributed by atoms with Crippen LogP contribution in [0, 0.1) is 17.2 Å². The minimum absolute atomic E-state index is 0.0500. The quantitative estimate of drug-likeness (QED) is 0.642. The van der Waals surface area contributed by atoms with E-state index in [-0.39, 0.29) is 12.3 Å². The standard InChI is InChI=1S/C13H13NO2S/c1-9(2-7-12(15)16)13(17)11-5-3-10(8-14)4-6-11/h3-6,9H,2,7H2,1H3,(H,15,16). The molecule has 0 aliphatic carbocycles. The van der Waals surface area contributed by atoms with E-state index in [1.54, 1.807) is 24.3 Å². The van der Waals surface area contributed by atoms with Gasteiger partial charge >= 0.3 is 5.97 Å². The molecule has 17 heavy (non-hydrogen) atoms. The fourth-order valence-corrected chi connectivity index (χ4v) is 1.72. The number of hydrogen-bond donors (Lipinski definition) is 1. The van der Waals surface area contributed by atoms with Crippen molar-refractivity contribution in [3.05, 3.63) is 35.4 Å². The summed E-state index contributed by atoms with van der Waals surface area (Å²) < 4.78 is 0. The van der Waals surface area contributed by atoms with E-state index in [0.717, 1.165) is 10.4 Å². The zero-order chi connectivity index (χ0) is 12.8. The van der Waals surface area contributed by atoms with Crippen LogP contribution in [0.1, 0.15) is 30.9 Å². The first-order valence-electron chi connectivity index (χ1n) is 5.30. The SMILES string of the molecule is CC(CCC(=O)O)C(=S)c1ccc(C#N)cc1. The number of rotatable bonds is 5. The van der Waals surface area contributed by atoms with E-state index in [9.17, 15) is 4.79 Å². The second-order valence-corrected chi connectivity index (χ2v) is 4.33. The number of carbonyl (C=O) groups is 1. The Bertz CT molecular complexity index is 459. The molecule has 1 rings (SSSR count). The van der Waals surface area contributed by atoms with Crippen LogP contribution in [0.25, 0.3) is 0 Å². The molecule has 0 heterocycles. The van der Waals surface area contributed by atoms with E-state index < -0.39 is 5.97 Å². The number of carboxylic acids is 1. The monoisotopic (exact) mass is 247 g/mol. The second-order valence-electron chi connectivity index (χ2n) is 3.89. The van der Waals surface area contributed by atoms with E-state index in [0.29, 0.717) is 12.0 Å². The maximum atomic E-state index is 10.5. The highest BCUT2D eigenvalue weighted by Crippen LogP contribution is 2.16. The lowest BCUT2D eigenvalue weighted by Crippen LogP contribution is -2.11. The molecule has 0 radical (unpaired) electrons. The smallest absolute Gasteiger partial charge is 0.303 e. The molecule has 0 spiro atoms. The molecule has 1 atom stereocenters. The molecule has 1 N–H and O–H groups in total. The van der Waals surface area contributed by atoms with Crippen LogP contribution in [-0.2, 0) is 4.79 Å². The molecule has 1 unspecified atom stereocenters. The largest absolute Gasteiger partial charge is 0.481 e. The summed E-state index contributed by atoms with van der Waals surface area (Å²) >= 11 is 5.30. The van der Waals surface area contributed by atoms with Gasteiger partial charge in [-0.15, -0.1) is 0 Å². The molecule has 0 saturated carbocycles. The van der Waals surface area contributed by atoms with E-state index in [4.69, 9.17) is 22.6 Å². The van der Waals surface area contributed by atoms with Crippen molar-refractivity contribution in [2.75, 3.05) is 0 Å². The van der Waals surface area contributed by atoms with Crippen LogP contribution in [0.5, 0.6) is 0 Å². The fraction of sp³-hybridized carbons (Fsp3) is 0.308. The van der Waals surface area contributed by atoms with Gasteiger partial charge in [0.1, 0.15) is 0 Å². The molecular weight excluding hydrogens is 234 g/mol. The molecule has 88 valence electrons. The van der Waals surface area contributed by atoms with Crippen molar-refractivity contribution in [3.63, 3.8) is 0 Å². The molecule has 0 aromatic heterocycles. The maximum Gasteiger partial charge on any atom is 0.303 e. The van der Waals surface area contributed by atoms with Gasteiger partial charge in [-0.3, -0.25) is 4.79 Å². The molecule has 3 nitrogen and oxygen atoms in total. The third-order valence-corrected chi connectivity index (χ3v) is 3.18. The van der Waals surface area contributed by atoms with Crippen LogP contribution < -0.4 is 0 Å². The van der Waals surface area contributed by atoms with E-state index in [1.807, 2.05) is 13.0 Å². The van der Waals surface area contributed by atoms with Crippen LogP contribution in [0.2, 0.25) is 0 Å².